The Morgan fingerprint density at radius 2 is 1.54 bits per heavy atom. The summed E-state index contributed by atoms with van der Waals surface area (Å²) in [5.74, 6) is 0.934. The number of halogens is 3. The van der Waals surface area contributed by atoms with E-state index in [2.05, 4.69) is 9.72 Å². The van der Waals surface area contributed by atoms with E-state index in [0.29, 0.717) is 22.6 Å². The summed E-state index contributed by atoms with van der Waals surface area (Å²) < 4.78 is 48.6. The van der Waals surface area contributed by atoms with Gasteiger partial charge in [-0.25, -0.2) is 4.98 Å². The highest BCUT2D eigenvalue weighted by molar-refractivity contribution is 6.15. The Hall–Kier alpha value is -3.28. The molecule has 1 aliphatic heterocycles. The van der Waals surface area contributed by atoms with Gasteiger partial charge in [-0.3, -0.25) is 0 Å². The number of benzene rings is 3. The second kappa shape index (κ2) is 5.11. The Morgan fingerprint density at radius 3 is 2.38 bits per heavy atom. The first kappa shape index (κ1) is 15.0. The third kappa shape index (κ3) is 2.19. The van der Waals surface area contributed by atoms with E-state index in [1.54, 1.807) is 12.1 Å². The average Bonchev–Trinajstić information content (AvgIpc) is 2.61. The first-order chi connectivity index (χ1) is 12.5. The van der Waals surface area contributed by atoms with E-state index in [1.165, 1.54) is 12.1 Å². The fourth-order valence-electron chi connectivity index (χ4n) is 3.38. The number of hydrogen-bond donors (Lipinski definition) is 0. The van der Waals surface area contributed by atoms with Crippen molar-refractivity contribution in [1.29, 1.82) is 0 Å². The van der Waals surface area contributed by atoms with Crippen LogP contribution in [0.1, 0.15) is 0 Å². The smallest absolute Gasteiger partial charge is 0.456 e. The van der Waals surface area contributed by atoms with Crippen molar-refractivity contribution in [3.05, 3.63) is 60.7 Å². The molecule has 1 aliphatic rings. The minimum absolute atomic E-state index is 0.168. The lowest BCUT2D eigenvalue weighted by Crippen LogP contribution is -2.17. The first-order valence-electron chi connectivity index (χ1n) is 7.90. The predicted octanol–water partition coefficient (Wildman–Crippen LogP) is 6.06. The number of aromatic nitrogens is 1. The first-order valence-corrected chi connectivity index (χ1v) is 7.90. The average molecular weight is 353 g/mol. The molecular weight excluding hydrogens is 343 g/mol. The molecular formula is C20H10F3NO2. The summed E-state index contributed by atoms with van der Waals surface area (Å²) in [4.78, 5) is 4.55. The normalized spacial score (nSPS) is 12.7. The maximum absolute atomic E-state index is 12.8. The summed E-state index contributed by atoms with van der Waals surface area (Å²) in [6.45, 7) is 0. The topological polar surface area (TPSA) is 31.4 Å². The zero-order valence-corrected chi connectivity index (χ0v) is 13.2. The maximum atomic E-state index is 12.8. The largest absolute Gasteiger partial charge is 0.573 e. The highest BCUT2D eigenvalue weighted by atomic mass is 19.4. The molecule has 0 atom stereocenters. The van der Waals surface area contributed by atoms with E-state index in [1.807, 2.05) is 36.4 Å². The number of ether oxygens (including phenoxy) is 2. The second-order valence-corrected chi connectivity index (χ2v) is 5.94. The number of fused-ring (bicyclic) bond motifs is 4. The molecule has 0 saturated heterocycles. The van der Waals surface area contributed by atoms with Gasteiger partial charge in [-0.2, -0.15) is 0 Å². The quantitative estimate of drug-likeness (QED) is 0.343. The van der Waals surface area contributed by atoms with E-state index in [-0.39, 0.29) is 11.3 Å². The summed E-state index contributed by atoms with van der Waals surface area (Å²) in [6, 6.07) is 17.3. The number of alkyl halides is 3. The molecule has 128 valence electrons. The molecule has 0 fully saturated rings. The van der Waals surface area contributed by atoms with Crippen molar-refractivity contribution in [2.45, 2.75) is 6.36 Å². The second-order valence-electron chi connectivity index (χ2n) is 5.94. The molecule has 6 heteroatoms. The fraction of sp³-hybridized carbons (Fsp3) is 0.0500. The number of pyridine rings is 1. The van der Waals surface area contributed by atoms with Crippen molar-refractivity contribution in [2.75, 3.05) is 0 Å². The van der Waals surface area contributed by atoms with Gasteiger partial charge in [-0.05, 0) is 29.7 Å². The third-order valence-electron chi connectivity index (χ3n) is 4.36. The van der Waals surface area contributed by atoms with Crippen molar-refractivity contribution >= 4 is 21.7 Å². The van der Waals surface area contributed by atoms with Gasteiger partial charge in [0.2, 0.25) is 0 Å². The zero-order valence-electron chi connectivity index (χ0n) is 13.2. The van der Waals surface area contributed by atoms with Gasteiger partial charge < -0.3 is 9.47 Å². The van der Waals surface area contributed by atoms with Crippen molar-refractivity contribution in [3.8, 4) is 28.5 Å². The Bertz CT molecular complexity index is 1180. The van der Waals surface area contributed by atoms with Crippen LogP contribution in [-0.2, 0) is 0 Å². The SMILES string of the molecule is FC(F)(F)Oc1cccc2c1nc1c3c(cccc32)Oc2ccccc2-1. The molecule has 4 aromatic rings. The monoisotopic (exact) mass is 353 g/mol. The molecule has 0 amide bonds. The van der Waals surface area contributed by atoms with Crippen molar-refractivity contribution in [2.24, 2.45) is 0 Å². The predicted molar refractivity (Wildman–Crippen MR) is 91.4 cm³/mol. The van der Waals surface area contributed by atoms with E-state index in [9.17, 15) is 13.2 Å². The Labute approximate surface area is 145 Å². The van der Waals surface area contributed by atoms with Crippen LogP contribution in [0.3, 0.4) is 0 Å². The van der Waals surface area contributed by atoms with Crippen LogP contribution in [0.15, 0.2) is 60.7 Å². The van der Waals surface area contributed by atoms with Crippen molar-refractivity contribution in [3.63, 3.8) is 0 Å². The van der Waals surface area contributed by atoms with E-state index in [4.69, 9.17) is 4.74 Å². The highest BCUT2D eigenvalue weighted by Gasteiger charge is 2.32. The summed E-state index contributed by atoms with van der Waals surface area (Å²) >= 11 is 0. The fourth-order valence-corrected chi connectivity index (χ4v) is 3.38. The lowest BCUT2D eigenvalue weighted by molar-refractivity contribution is -0.274. The number of para-hydroxylation sites is 2. The zero-order chi connectivity index (χ0) is 17.9. The van der Waals surface area contributed by atoms with E-state index < -0.39 is 6.36 Å². The molecule has 0 unspecified atom stereocenters. The van der Waals surface area contributed by atoms with Crippen LogP contribution in [0.25, 0.3) is 32.9 Å². The van der Waals surface area contributed by atoms with Crippen LogP contribution in [0.4, 0.5) is 13.2 Å². The van der Waals surface area contributed by atoms with Gasteiger partial charge in [0, 0.05) is 10.9 Å². The van der Waals surface area contributed by atoms with Gasteiger partial charge in [0.1, 0.15) is 17.0 Å². The summed E-state index contributed by atoms with van der Waals surface area (Å²) in [6.07, 6.45) is -4.79. The highest BCUT2D eigenvalue weighted by Crippen LogP contribution is 2.47. The van der Waals surface area contributed by atoms with Crippen LogP contribution in [0, 0.1) is 0 Å². The van der Waals surface area contributed by atoms with Gasteiger partial charge in [0.05, 0.1) is 11.1 Å². The van der Waals surface area contributed by atoms with Gasteiger partial charge in [-0.1, -0.05) is 36.4 Å². The molecule has 3 nitrogen and oxygen atoms in total. The third-order valence-corrected chi connectivity index (χ3v) is 4.36. The van der Waals surface area contributed by atoms with Gasteiger partial charge in [0.15, 0.2) is 5.75 Å². The maximum Gasteiger partial charge on any atom is 0.573 e. The summed E-state index contributed by atoms with van der Waals surface area (Å²) in [7, 11) is 0. The molecule has 3 aromatic carbocycles. The van der Waals surface area contributed by atoms with Crippen LogP contribution in [-0.4, -0.2) is 11.3 Å². The molecule has 0 radical (unpaired) electrons. The minimum Gasteiger partial charge on any atom is -0.456 e. The van der Waals surface area contributed by atoms with E-state index in [0.717, 1.165) is 16.3 Å². The lowest BCUT2D eigenvalue weighted by Gasteiger charge is -2.22. The molecule has 0 saturated carbocycles. The van der Waals surface area contributed by atoms with Crippen molar-refractivity contribution < 1.29 is 22.6 Å². The molecule has 26 heavy (non-hydrogen) atoms. The molecule has 5 rings (SSSR count). The lowest BCUT2D eigenvalue weighted by atomic mass is 9.97. The number of rotatable bonds is 1. The molecule has 0 bridgehead atoms. The molecule has 0 spiro atoms. The van der Waals surface area contributed by atoms with Crippen LogP contribution < -0.4 is 9.47 Å². The van der Waals surface area contributed by atoms with Crippen LogP contribution in [0.2, 0.25) is 0 Å². The van der Waals surface area contributed by atoms with Gasteiger partial charge in [0.25, 0.3) is 0 Å². The van der Waals surface area contributed by atoms with Crippen molar-refractivity contribution in [1.82, 2.24) is 4.98 Å². The summed E-state index contributed by atoms with van der Waals surface area (Å²) in [5, 5.41) is 2.13. The molecule has 0 aliphatic carbocycles. The van der Waals surface area contributed by atoms with Crippen LogP contribution in [0.5, 0.6) is 17.2 Å². The molecule has 1 aromatic heterocycles. The van der Waals surface area contributed by atoms with Gasteiger partial charge in [-0.15, -0.1) is 13.2 Å². The molecule has 2 heterocycles. The van der Waals surface area contributed by atoms with Gasteiger partial charge >= 0.3 is 6.36 Å². The van der Waals surface area contributed by atoms with Crippen LogP contribution >= 0.6 is 0 Å². The van der Waals surface area contributed by atoms with E-state index >= 15 is 0 Å². The Balaban J connectivity index is 1.92. The number of nitrogens with zero attached hydrogens (tertiary/aromatic N) is 1. The summed E-state index contributed by atoms with van der Waals surface area (Å²) in [5.41, 5.74) is 1.49. The molecule has 0 N–H and O–H groups in total. The Morgan fingerprint density at radius 1 is 0.808 bits per heavy atom. The number of hydrogen-bond acceptors (Lipinski definition) is 3. The standard InChI is InChI=1S/C20H10F3NO2/c21-20(22,23)26-16-10-4-7-12-11-6-3-9-15-17(11)19(24-18(12)16)13-5-1-2-8-14(13)25-15/h1-10H. The Kier molecular flexibility index (Phi) is 2.95. The minimum atomic E-state index is -4.79.